The summed E-state index contributed by atoms with van der Waals surface area (Å²) >= 11 is 0. The minimum Gasteiger partial charge on any atom is -0.385 e. The smallest absolute Gasteiger partial charge is 0.170 e. The zero-order chi connectivity index (χ0) is 20.2. The van der Waals surface area contributed by atoms with Crippen molar-refractivity contribution >= 4 is 0 Å². The second-order valence-electron chi connectivity index (χ2n) is 7.96. The third kappa shape index (κ3) is 12.9. The fraction of sp³-hybridized carbons (Fsp3) is 1.00. The molecule has 0 aromatic heterocycles. The summed E-state index contributed by atoms with van der Waals surface area (Å²) in [5.74, 6) is 0.0687. The second-order valence-corrected chi connectivity index (χ2v) is 7.96. The van der Waals surface area contributed by atoms with E-state index in [0.29, 0.717) is 5.92 Å². The van der Waals surface area contributed by atoms with Crippen LogP contribution in [0.15, 0.2) is 0 Å². The third-order valence-electron chi connectivity index (χ3n) is 5.61. The van der Waals surface area contributed by atoms with Crippen LogP contribution < -0.4 is 0 Å². The Morgan fingerprint density at radius 1 is 0.593 bits per heavy atom. The first kappa shape index (κ1) is 26.9. The van der Waals surface area contributed by atoms with Gasteiger partial charge in [-0.05, 0) is 38.5 Å². The van der Waals surface area contributed by atoms with Gasteiger partial charge in [-0.25, -0.2) is 0 Å². The third-order valence-corrected chi connectivity index (χ3v) is 5.61. The largest absolute Gasteiger partial charge is 0.385 e. The number of rotatable bonds is 21. The molecule has 27 heavy (non-hydrogen) atoms. The predicted molar refractivity (Wildman–Crippen MR) is 117 cm³/mol. The molecule has 0 saturated carbocycles. The molecule has 3 heteroatoms. The van der Waals surface area contributed by atoms with Crippen molar-refractivity contribution in [2.24, 2.45) is 5.92 Å². The number of ether oxygens (including phenoxy) is 3. The summed E-state index contributed by atoms with van der Waals surface area (Å²) in [5.41, 5.74) is 0. The highest BCUT2D eigenvalue weighted by atomic mass is 16.7. The zero-order valence-corrected chi connectivity index (χ0v) is 19.3. The molecule has 0 saturated heterocycles. The molecule has 0 amide bonds. The summed E-state index contributed by atoms with van der Waals surface area (Å²) in [5, 5.41) is 0. The molecule has 1 atom stereocenters. The Labute approximate surface area is 170 Å². The topological polar surface area (TPSA) is 27.7 Å². The van der Waals surface area contributed by atoms with Crippen LogP contribution in [0.1, 0.15) is 118 Å². The number of unbranched alkanes of at least 4 members (excludes halogenated alkanes) is 7. The molecule has 0 aliphatic carbocycles. The van der Waals surface area contributed by atoms with Crippen LogP contribution in [-0.4, -0.2) is 32.7 Å². The molecule has 0 aliphatic rings. The minimum absolute atomic E-state index is 0.401. The first-order chi connectivity index (χ1) is 13.2. The van der Waals surface area contributed by atoms with E-state index in [2.05, 4.69) is 27.7 Å². The minimum atomic E-state index is -0.401. The van der Waals surface area contributed by atoms with Gasteiger partial charge in [0.1, 0.15) is 0 Å². The number of hydrogen-bond donors (Lipinski definition) is 0. The average molecular weight is 387 g/mol. The van der Waals surface area contributed by atoms with Gasteiger partial charge in [0.2, 0.25) is 0 Å². The van der Waals surface area contributed by atoms with Crippen LogP contribution in [0, 0.1) is 5.92 Å². The summed E-state index contributed by atoms with van der Waals surface area (Å²) in [6, 6.07) is 0. The standard InChI is InChI=1S/C24H50O3/c1-6-10-13-14-15-16-18-23(19-17-20-25-5)24(9-4,26-21-11-7-2)27-22-12-8-3/h23H,6-22H2,1-5H3. The van der Waals surface area contributed by atoms with Gasteiger partial charge in [-0.2, -0.15) is 0 Å². The quantitative estimate of drug-likeness (QED) is 0.151. The second kappa shape index (κ2) is 19.2. The molecule has 0 fully saturated rings. The first-order valence-corrected chi connectivity index (χ1v) is 12.0. The van der Waals surface area contributed by atoms with Crippen molar-refractivity contribution in [3.8, 4) is 0 Å². The maximum atomic E-state index is 6.49. The summed E-state index contributed by atoms with van der Waals surface area (Å²) < 4.78 is 18.3. The van der Waals surface area contributed by atoms with E-state index in [9.17, 15) is 0 Å². The maximum absolute atomic E-state index is 6.49. The van der Waals surface area contributed by atoms with E-state index in [0.717, 1.165) is 51.9 Å². The van der Waals surface area contributed by atoms with Crippen molar-refractivity contribution in [3.63, 3.8) is 0 Å². The summed E-state index contributed by atoms with van der Waals surface area (Å²) in [7, 11) is 1.80. The van der Waals surface area contributed by atoms with Gasteiger partial charge in [0, 0.05) is 19.6 Å². The van der Waals surface area contributed by atoms with Gasteiger partial charge in [0.25, 0.3) is 0 Å². The highest BCUT2D eigenvalue weighted by Crippen LogP contribution is 2.36. The summed E-state index contributed by atoms with van der Waals surface area (Å²) in [6.45, 7) is 11.4. The van der Waals surface area contributed by atoms with E-state index in [1.807, 2.05) is 0 Å². The lowest BCUT2D eigenvalue weighted by molar-refractivity contribution is -0.272. The van der Waals surface area contributed by atoms with Crippen molar-refractivity contribution < 1.29 is 14.2 Å². The number of hydrogen-bond acceptors (Lipinski definition) is 3. The molecule has 0 rings (SSSR count). The molecule has 0 N–H and O–H groups in total. The highest BCUT2D eigenvalue weighted by molar-refractivity contribution is 4.80. The Morgan fingerprint density at radius 2 is 1.11 bits per heavy atom. The lowest BCUT2D eigenvalue weighted by Crippen LogP contribution is -2.44. The van der Waals surface area contributed by atoms with Gasteiger partial charge in [-0.3, -0.25) is 0 Å². The lowest BCUT2D eigenvalue weighted by Gasteiger charge is -2.40. The van der Waals surface area contributed by atoms with Gasteiger partial charge in [0.15, 0.2) is 5.79 Å². The molecule has 0 aliphatic heterocycles. The van der Waals surface area contributed by atoms with Gasteiger partial charge < -0.3 is 14.2 Å². The van der Waals surface area contributed by atoms with Crippen molar-refractivity contribution in [2.45, 2.75) is 123 Å². The molecule has 0 aromatic carbocycles. The molecular formula is C24H50O3. The Bertz CT molecular complexity index is 283. The van der Waals surface area contributed by atoms with E-state index in [1.165, 1.54) is 57.8 Å². The van der Waals surface area contributed by atoms with Crippen molar-refractivity contribution in [2.75, 3.05) is 26.9 Å². The van der Waals surface area contributed by atoms with Crippen molar-refractivity contribution in [1.29, 1.82) is 0 Å². The van der Waals surface area contributed by atoms with Crippen LogP contribution in [-0.2, 0) is 14.2 Å². The molecule has 0 aromatic rings. The van der Waals surface area contributed by atoms with Gasteiger partial charge in [-0.15, -0.1) is 0 Å². The fourth-order valence-corrected chi connectivity index (χ4v) is 3.78. The Hall–Kier alpha value is -0.120. The Balaban J connectivity index is 4.90. The van der Waals surface area contributed by atoms with Crippen LogP contribution in [0.2, 0.25) is 0 Å². The molecular weight excluding hydrogens is 336 g/mol. The van der Waals surface area contributed by atoms with Crippen LogP contribution in [0.5, 0.6) is 0 Å². The van der Waals surface area contributed by atoms with E-state index in [-0.39, 0.29) is 0 Å². The molecule has 3 nitrogen and oxygen atoms in total. The Morgan fingerprint density at radius 3 is 1.63 bits per heavy atom. The van der Waals surface area contributed by atoms with Crippen molar-refractivity contribution in [1.82, 2.24) is 0 Å². The average Bonchev–Trinajstić information content (AvgIpc) is 2.68. The normalized spacial score (nSPS) is 13.2. The first-order valence-electron chi connectivity index (χ1n) is 12.0. The van der Waals surface area contributed by atoms with E-state index >= 15 is 0 Å². The highest BCUT2D eigenvalue weighted by Gasteiger charge is 2.38. The molecule has 0 spiro atoms. The van der Waals surface area contributed by atoms with Crippen LogP contribution >= 0.6 is 0 Å². The van der Waals surface area contributed by atoms with Crippen molar-refractivity contribution in [3.05, 3.63) is 0 Å². The zero-order valence-electron chi connectivity index (χ0n) is 19.3. The number of methoxy groups -OCH3 is 1. The Kier molecular flexibility index (Phi) is 19.1. The monoisotopic (exact) mass is 386 g/mol. The predicted octanol–water partition coefficient (Wildman–Crippen LogP) is 7.52. The van der Waals surface area contributed by atoms with E-state index in [4.69, 9.17) is 14.2 Å². The molecule has 164 valence electrons. The van der Waals surface area contributed by atoms with Gasteiger partial charge in [-0.1, -0.05) is 79.1 Å². The fourth-order valence-electron chi connectivity index (χ4n) is 3.78. The molecule has 0 radical (unpaired) electrons. The van der Waals surface area contributed by atoms with Gasteiger partial charge in [0.05, 0.1) is 13.2 Å². The molecule has 0 heterocycles. The van der Waals surface area contributed by atoms with Crippen LogP contribution in [0.25, 0.3) is 0 Å². The molecule has 1 unspecified atom stereocenters. The summed E-state index contributed by atoms with van der Waals surface area (Å²) in [6.07, 6.45) is 17.0. The van der Waals surface area contributed by atoms with Gasteiger partial charge >= 0.3 is 0 Å². The lowest BCUT2D eigenvalue weighted by atomic mass is 9.86. The van der Waals surface area contributed by atoms with Crippen LogP contribution in [0.3, 0.4) is 0 Å². The van der Waals surface area contributed by atoms with E-state index in [1.54, 1.807) is 7.11 Å². The van der Waals surface area contributed by atoms with E-state index < -0.39 is 5.79 Å². The SMILES string of the molecule is CCCCCCCCC(CCCOC)C(CC)(OCCCC)OCCCC. The van der Waals surface area contributed by atoms with Crippen LogP contribution in [0.4, 0.5) is 0 Å². The molecule has 0 bridgehead atoms. The summed E-state index contributed by atoms with van der Waals surface area (Å²) in [4.78, 5) is 0. The maximum Gasteiger partial charge on any atom is 0.170 e.